The van der Waals surface area contributed by atoms with E-state index in [2.05, 4.69) is 5.16 Å². The molecule has 18 heavy (non-hydrogen) atoms. The van der Waals surface area contributed by atoms with E-state index < -0.39 is 18.0 Å². The van der Waals surface area contributed by atoms with E-state index in [1.54, 1.807) is 6.07 Å². The van der Waals surface area contributed by atoms with Crippen LogP contribution in [-0.2, 0) is 9.63 Å². The lowest BCUT2D eigenvalue weighted by molar-refractivity contribution is -0.160. The number of carboxylic acids is 1. The number of aliphatic carboxylic acids is 1. The minimum absolute atomic E-state index is 0.0506. The molecule has 0 saturated carbocycles. The van der Waals surface area contributed by atoms with Crippen LogP contribution in [0.1, 0.15) is 30.9 Å². The van der Waals surface area contributed by atoms with Crippen molar-refractivity contribution >= 4 is 11.7 Å². The second-order valence-corrected chi connectivity index (χ2v) is 4.27. The van der Waals surface area contributed by atoms with E-state index in [-0.39, 0.29) is 12.0 Å². The fourth-order valence-electron chi connectivity index (χ4n) is 1.66. The maximum Gasteiger partial charge on any atom is 0.351 e. The first-order valence-corrected chi connectivity index (χ1v) is 5.29. The van der Waals surface area contributed by atoms with Crippen LogP contribution in [0.2, 0.25) is 0 Å². The monoisotopic (exact) mass is 255 g/mol. The maximum absolute atomic E-state index is 12.5. The minimum atomic E-state index is -2.57. The normalized spacial score (nSPS) is 22.8. The van der Waals surface area contributed by atoms with Gasteiger partial charge in [-0.1, -0.05) is 23.4 Å². The zero-order valence-corrected chi connectivity index (χ0v) is 9.56. The van der Waals surface area contributed by atoms with Gasteiger partial charge in [-0.05, 0) is 18.6 Å². The number of hydrogen-bond acceptors (Lipinski definition) is 3. The number of halogens is 2. The molecule has 1 aliphatic rings. The van der Waals surface area contributed by atoms with Crippen LogP contribution in [0.15, 0.2) is 29.4 Å². The second kappa shape index (κ2) is 4.36. The largest absolute Gasteiger partial charge is 0.478 e. The molecule has 0 bridgehead atoms. The highest BCUT2D eigenvalue weighted by Gasteiger charge is 2.42. The van der Waals surface area contributed by atoms with Gasteiger partial charge in [-0.2, -0.15) is 0 Å². The van der Waals surface area contributed by atoms with Gasteiger partial charge in [0.05, 0.1) is 5.71 Å². The third-order valence-electron chi connectivity index (χ3n) is 2.79. The highest BCUT2D eigenvalue weighted by atomic mass is 19.3. The van der Waals surface area contributed by atoms with Gasteiger partial charge in [0.1, 0.15) is 0 Å². The molecule has 0 saturated heterocycles. The van der Waals surface area contributed by atoms with Gasteiger partial charge in [0.25, 0.3) is 6.43 Å². The highest BCUT2D eigenvalue weighted by molar-refractivity contribution is 6.04. The quantitative estimate of drug-likeness (QED) is 0.903. The van der Waals surface area contributed by atoms with E-state index in [4.69, 9.17) is 9.94 Å². The van der Waals surface area contributed by atoms with E-state index in [0.717, 1.165) is 0 Å². The molecule has 1 aromatic carbocycles. The van der Waals surface area contributed by atoms with Crippen LogP contribution in [0, 0.1) is 0 Å². The number of rotatable bonds is 3. The van der Waals surface area contributed by atoms with Crippen LogP contribution in [0.5, 0.6) is 0 Å². The molecule has 0 aliphatic carbocycles. The Morgan fingerprint density at radius 2 is 2.28 bits per heavy atom. The average molecular weight is 255 g/mol. The van der Waals surface area contributed by atoms with Crippen LogP contribution in [-0.4, -0.2) is 22.4 Å². The summed E-state index contributed by atoms with van der Waals surface area (Å²) in [7, 11) is 0. The van der Waals surface area contributed by atoms with E-state index in [0.29, 0.717) is 11.3 Å². The molecule has 1 N–H and O–H groups in total. The second-order valence-electron chi connectivity index (χ2n) is 4.27. The third kappa shape index (κ3) is 2.18. The molecule has 0 radical (unpaired) electrons. The average Bonchev–Trinajstić information content (AvgIpc) is 2.73. The van der Waals surface area contributed by atoms with Gasteiger partial charge in [0.2, 0.25) is 5.60 Å². The molecule has 1 aromatic rings. The summed E-state index contributed by atoms with van der Waals surface area (Å²) in [6.45, 7) is 1.39. The van der Waals surface area contributed by atoms with Gasteiger partial charge < -0.3 is 9.94 Å². The lowest BCUT2D eigenvalue weighted by Gasteiger charge is -2.14. The van der Waals surface area contributed by atoms with Crippen molar-refractivity contribution in [3.8, 4) is 0 Å². The van der Waals surface area contributed by atoms with Gasteiger partial charge in [0, 0.05) is 12.0 Å². The van der Waals surface area contributed by atoms with Crippen LogP contribution in [0.3, 0.4) is 0 Å². The number of alkyl halides is 2. The Kier molecular flexibility index (Phi) is 3.02. The fraction of sp³-hybridized carbons (Fsp3) is 0.333. The summed E-state index contributed by atoms with van der Waals surface area (Å²) in [6.07, 6.45) is -2.52. The van der Waals surface area contributed by atoms with Gasteiger partial charge in [-0.25, -0.2) is 13.6 Å². The molecule has 0 spiro atoms. The minimum Gasteiger partial charge on any atom is -0.478 e. The fourth-order valence-corrected chi connectivity index (χ4v) is 1.66. The zero-order valence-electron chi connectivity index (χ0n) is 9.56. The van der Waals surface area contributed by atoms with Crippen molar-refractivity contribution in [2.24, 2.45) is 5.16 Å². The molecule has 0 fully saturated rings. The first kappa shape index (κ1) is 12.5. The Morgan fingerprint density at radius 3 is 2.83 bits per heavy atom. The lowest BCUT2D eigenvalue weighted by atomic mass is 9.95. The zero-order chi connectivity index (χ0) is 13.3. The number of carboxylic acid groups (broad SMARTS) is 1. The highest BCUT2D eigenvalue weighted by Crippen LogP contribution is 2.28. The first-order valence-electron chi connectivity index (χ1n) is 5.29. The van der Waals surface area contributed by atoms with E-state index in [9.17, 15) is 13.6 Å². The molecule has 96 valence electrons. The summed E-state index contributed by atoms with van der Waals surface area (Å²) in [5.74, 6) is -1.13. The van der Waals surface area contributed by atoms with E-state index >= 15 is 0 Å². The number of hydrogen-bond donors (Lipinski definition) is 1. The molecule has 2 rings (SSSR count). The molecular formula is C12H11F2NO3. The summed E-state index contributed by atoms with van der Waals surface area (Å²) in [5.41, 5.74) is -0.727. The maximum atomic E-state index is 12.5. The molecule has 0 aromatic heterocycles. The predicted octanol–water partition coefficient (Wildman–Crippen LogP) is 2.59. The van der Waals surface area contributed by atoms with Gasteiger partial charge in [0.15, 0.2) is 0 Å². The van der Waals surface area contributed by atoms with Crippen molar-refractivity contribution in [2.75, 3.05) is 0 Å². The molecule has 4 nitrogen and oxygen atoms in total. The Morgan fingerprint density at radius 1 is 1.56 bits per heavy atom. The van der Waals surface area contributed by atoms with Gasteiger partial charge in [-0.3, -0.25) is 0 Å². The molecule has 1 aliphatic heterocycles. The molecule has 1 heterocycles. The summed E-state index contributed by atoms with van der Waals surface area (Å²) in [5, 5.41) is 12.6. The lowest BCUT2D eigenvalue weighted by Crippen LogP contribution is -2.35. The summed E-state index contributed by atoms with van der Waals surface area (Å²) in [4.78, 5) is 15.8. The van der Waals surface area contributed by atoms with Crippen LogP contribution >= 0.6 is 0 Å². The number of carbonyl (C=O) groups is 1. The Labute approximate surface area is 102 Å². The summed E-state index contributed by atoms with van der Waals surface area (Å²) in [6, 6.07) is 5.68. The van der Waals surface area contributed by atoms with Crippen molar-refractivity contribution in [1.82, 2.24) is 0 Å². The first-order chi connectivity index (χ1) is 8.42. The third-order valence-corrected chi connectivity index (χ3v) is 2.79. The molecule has 1 atom stereocenters. The van der Waals surface area contributed by atoms with Crippen molar-refractivity contribution in [1.29, 1.82) is 0 Å². The van der Waals surface area contributed by atoms with Gasteiger partial charge >= 0.3 is 5.97 Å². The Hall–Kier alpha value is -1.98. The molecular weight excluding hydrogens is 244 g/mol. The van der Waals surface area contributed by atoms with Crippen LogP contribution in [0.4, 0.5) is 8.78 Å². The molecule has 0 amide bonds. The van der Waals surface area contributed by atoms with Crippen molar-refractivity contribution < 1.29 is 23.5 Å². The molecule has 6 heteroatoms. The standard InChI is InChI=1S/C12H11F2NO3/c1-12(11(16)17)6-9(15-18-12)7-3-2-4-8(5-7)10(13)14/h2-5,10H,6H2,1H3,(H,16,17). The number of oxime groups is 1. The van der Waals surface area contributed by atoms with E-state index in [1.807, 2.05) is 0 Å². The van der Waals surface area contributed by atoms with Crippen molar-refractivity contribution in [3.63, 3.8) is 0 Å². The topological polar surface area (TPSA) is 58.9 Å². The molecule has 1 unspecified atom stereocenters. The van der Waals surface area contributed by atoms with Crippen LogP contribution in [0.25, 0.3) is 0 Å². The smallest absolute Gasteiger partial charge is 0.351 e. The van der Waals surface area contributed by atoms with Gasteiger partial charge in [-0.15, -0.1) is 0 Å². The van der Waals surface area contributed by atoms with Crippen molar-refractivity contribution in [2.45, 2.75) is 25.4 Å². The summed E-state index contributed by atoms with van der Waals surface area (Å²) < 4.78 is 25.1. The van der Waals surface area contributed by atoms with E-state index in [1.165, 1.54) is 25.1 Å². The SMILES string of the molecule is CC1(C(=O)O)CC(c2cccc(C(F)F)c2)=NO1. The van der Waals surface area contributed by atoms with Crippen LogP contribution < -0.4 is 0 Å². The Balaban J connectivity index is 2.24. The summed E-state index contributed by atoms with van der Waals surface area (Å²) >= 11 is 0. The number of nitrogens with zero attached hydrogens (tertiary/aromatic N) is 1. The van der Waals surface area contributed by atoms with Crippen molar-refractivity contribution in [3.05, 3.63) is 35.4 Å². The Bertz CT molecular complexity index is 516. The predicted molar refractivity (Wildman–Crippen MR) is 59.7 cm³/mol. The number of benzene rings is 1.